The van der Waals surface area contributed by atoms with E-state index in [-0.39, 0.29) is 18.3 Å². The smallest absolute Gasteiger partial charge is 0.220 e. The van der Waals surface area contributed by atoms with E-state index in [4.69, 9.17) is 14.2 Å². The summed E-state index contributed by atoms with van der Waals surface area (Å²) in [4.78, 5) is 4.30. The van der Waals surface area contributed by atoms with Crippen LogP contribution in [0.15, 0.2) is 12.1 Å². The average molecular weight is 253 g/mol. The van der Waals surface area contributed by atoms with Crippen LogP contribution >= 0.6 is 0 Å². The summed E-state index contributed by atoms with van der Waals surface area (Å²) in [7, 11) is 0. The van der Waals surface area contributed by atoms with Gasteiger partial charge >= 0.3 is 0 Å². The van der Waals surface area contributed by atoms with Crippen molar-refractivity contribution in [3.05, 3.63) is 12.1 Å². The predicted molar refractivity (Wildman–Crippen MR) is 71.5 cm³/mol. The second-order valence-electron chi connectivity index (χ2n) is 4.98. The minimum absolute atomic E-state index is 0.0682. The maximum absolute atomic E-state index is 5.66. The van der Waals surface area contributed by atoms with Gasteiger partial charge in [0.15, 0.2) is 0 Å². The molecule has 0 saturated carbocycles. The first kappa shape index (κ1) is 14.6. The molecule has 4 nitrogen and oxygen atoms in total. The first-order valence-corrected chi connectivity index (χ1v) is 6.39. The maximum Gasteiger partial charge on any atom is 0.220 e. The van der Waals surface area contributed by atoms with Crippen LogP contribution in [-0.4, -0.2) is 23.3 Å². The molecule has 0 amide bonds. The zero-order valence-corrected chi connectivity index (χ0v) is 12.1. The lowest BCUT2D eigenvalue weighted by Crippen LogP contribution is -2.12. The third-order valence-electron chi connectivity index (χ3n) is 1.84. The van der Waals surface area contributed by atoms with Gasteiger partial charge in [0.1, 0.15) is 5.75 Å². The van der Waals surface area contributed by atoms with E-state index >= 15 is 0 Å². The number of ether oxygens (including phenoxy) is 3. The summed E-state index contributed by atoms with van der Waals surface area (Å²) in [6.07, 6.45) is 0.239. The topological polar surface area (TPSA) is 40.6 Å². The van der Waals surface area contributed by atoms with Crippen LogP contribution in [0.1, 0.15) is 41.5 Å². The van der Waals surface area contributed by atoms with Crippen molar-refractivity contribution >= 4 is 0 Å². The zero-order chi connectivity index (χ0) is 13.7. The van der Waals surface area contributed by atoms with Crippen LogP contribution in [0.2, 0.25) is 0 Å². The highest BCUT2D eigenvalue weighted by Crippen LogP contribution is 2.25. The van der Waals surface area contributed by atoms with E-state index in [9.17, 15) is 0 Å². The summed E-state index contributed by atoms with van der Waals surface area (Å²) in [5.41, 5.74) is 0. The van der Waals surface area contributed by atoms with Crippen molar-refractivity contribution in [3.8, 4) is 17.5 Å². The summed E-state index contributed by atoms with van der Waals surface area (Å²) in [6.45, 7) is 11.8. The van der Waals surface area contributed by atoms with Crippen LogP contribution in [0.3, 0.4) is 0 Å². The number of pyridine rings is 1. The molecule has 0 aliphatic carbocycles. The van der Waals surface area contributed by atoms with Gasteiger partial charge < -0.3 is 14.2 Å². The van der Waals surface area contributed by atoms with E-state index in [1.54, 1.807) is 12.1 Å². The SMILES string of the molecule is CC(C)Oc1cc(OC(C)C)nc(OC(C)C)c1. The molecule has 0 aliphatic heterocycles. The van der Waals surface area contributed by atoms with Crippen LogP contribution in [0, 0.1) is 0 Å². The fraction of sp³-hybridized carbons (Fsp3) is 0.643. The molecule has 0 N–H and O–H groups in total. The Morgan fingerprint density at radius 2 is 1.11 bits per heavy atom. The fourth-order valence-corrected chi connectivity index (χ4v) is 1.40. The Hall–Kier alpha value is -1.45. The summed E-state index contributed by atoms with van der Waals surface area (Å²) in [5, 5.41) is 0. The Kier molecular flexibility index (Phi) is 5.25. The van der Waals surface area contributed by atoms with Crippen molar-refractivity contribution in [1.82, 2.24) is 4.98 Å². The number of hydrogen-bond acceptors (Lipinski definition) is 4. The number of aromatic nitrogens is 1. The summed E-state index contributed by atoms with van der Waals surface area (Å²) >= 11 is 0. The Bertz CT molecular complexity index is 306. The van der Waals surface area contributed by atoms with Crippen LogP contribution in [0.4, 0.5) is 0 Å². The fourth-order valence-electron chi connectivity index (χ4n) is 1.40. The molecule has 1 rings (SSSR count). The Balaban J connectivity index is 2.95. The highest BCUT2D eigenvalue weighted by molar-refractivity contribution is 5.33. The van der Waals surface area contributed by atoms with Crippen molar-refractivity contribution in [2.45, 2.75) is 59.9 Å². The van der Waals surface area contributed by atoms with Gasteiger partial charge in [0, 0.05) is 12.1 Å². The van der Waals surface area contributed by atoms with E-state index in [1.165, 1.54) is 0 Å². The highest BCUT2D eigenvalue weighted by Gasteiger charge is 2.09. The molecule has 18 heavy (non-hydrogen) atoms. The lowest BCUT2D eigenvalue weighted by Gasteiger charge is -2.16. The van der Waals surface area contributed by atoms with Crippen LogP contribution < -0.4 is 14.2 Å². The highest BCUT2D eigenvalue weighted by atomic mass is 16.5. The molecule has 1 heterocycles. The van der Waals surface area contributed by atoms with Crippen molar-refractivity contribution in [1.29, 1.82) is 0 Å². The first-order valence-electron chi connectivity index (χ1n) is 6.39. The maximum atomic E-state index is 5.66. The standard InChI is InChI=1S/C14H23NO3/c1-9(2)16-12-7-13(17-10(3)4)15-14(8-12)18-11(5)6/h7-11H,1-6H3. The minimum Gasteiger partial charge on any atom is -0.491 e. The second-order valence-corrected chi connectivity index (χ2v) is 4.98. The molecule has 0 unspecified atom stereocenters. The molecule has 0 aliphatic rings. The molecule has 0 spiro atoms. The normalized spacial score (nSPS) is 11.2. The van der Waals surface area contributed by atoms with E-state index < -0.39 is 0 Å². The minimum atomic E-state index is 0.0682. The Morgan fingerprint density at radius 3 is 1.44 bits per heavy atom. The van der Waals surface area contributed by atoms with Crippen LogP contribution in [0.5, 0.6) is 17.5 Å². The van der Waals surface area contributed by atoms with Gasteiger partial charge in [-0.05, 0) is 41.5 Å². The largest absolute Gasteiger partial charge is 0.491 e. The molecule has 1 aromatic heterocycles. The molecular formula is C14H23NO3. The molecule has 0 atom stereocenters. The van der Waals surface area contributed by atoms with Gasteiger partial charge in [0.05, 0.1) is 18.3 Å². The van der Waals surface area contributed by atoms with Gasteiger partial charge in [-0.25, -0.2) is 0 Å². The molecule has 0 radical (unpaired) electrons. The van der Waals surface area contributed by atoms with Crippen LogP contribution in [-0.2, 0) is 0 Å². The van der Waals surface area contributed by atoms with Gasteiger partial charge in [-0.3, -0.25) is 0 Å². The van der Waals surface area contributed by atoms with Crippen molar-refractivity contribution in [3.63, 3.8) is 0 Å². The van der Waals surface area contributed by atoms with E-state index in [1.807, 2.05) is 41.5 Å². The quantitative estimate of drug-likeness (QED) is 0.778. The average Bonchev–Trinajstić information content (AvgIpc) is 2.12. The molecule has 0 fully saturated rings. The van der Waals surface area contributed by atoms with E-state index in [0.717, 1.165) is 0 Å². The number of nitrogens with zero attached hydrogens (tertiary/aromatic N) is 1. The monoisotopic (exact) mass is 253 g/mol. The van der Waals surface area contributed by atoms with Crippen molar-refractivity contribution < 1.29 is 14.2 Å². The van der Waals surface area contributed by atoms with E-state index in [0.29, 0.717) is 17.5 Å². The molecule has 0 saturated heterocycles. The Labute approximate surface area is 109 Å². The lowest BCUT2D eigenvalue weighted by molar-refractivity contribution is 0.202. The molecule has 4 heteroatoms. The van der Waals surface area contributed by atoms with E-state index in [2.05, 4.69) is 4.98 Å². The van der Waals surface area contributed by atoms with Gasteiger partial charge in [-0.15, -0.1) is 0 Å². The van der Waals surface area contributed by atoms with Gasteiger partial charge in [-0.1, -0.05) is 0 Å². The van der Waals surface area contributed by atoms with Gasteiger partial charge in [0.2, 0.25) is 11.8 Å². The molecule has 0 aromatic carbocycles. The molecule has 0 bridgehead atoms. The summed E-state index contributed by atoms with van der Waals surface area (Å²) in [6, 6.07) is 3.57. The lowest BCUT2D eigenvalue weighted by atomic mass is 10.4. The van der Waals surface area contributed by atoms with Gasteiger partial charge in [-0.2, -0.15) is 4.98 Å². The van der Waals surface area contributed by atoms with Crippen LogP contribution in [0.25, 0.3) is 0 Å². The van der Waals surface area contributed by atoms with Gasteiger partial charge in [0.25, 0.3) is 0 Å². The molecular weight excluding hydrogens is 230 g/mol. The summed E-state index contributed by atoms with van der Waals surface area (Å²) < 4.78 is 16.8. The zero-order valence-electron chi connectivity index (χ0n) is 12.1. The van der Waals surface area contributed by atoms with Crippen molar-refractivity contribution in [2.24, 2.45) is 0 Å². The second kappa shape index (κ2) is 6.47. The predicted octanol–water partition coefficient (Wildman–Crippen LogP) is 3.44. The van der Waals surface area contributed by atoms with Crippen molar-refractivity contribution in [2.75, 3.05) is 0 Å². The molecule has 1 aromatic rings. The third-order valence-corrected chi connectivity index (χ3v) is 1.84. The Morgan fingerprint density at radius 1 is 0.722 bits per heavy atom. The molecule has 102 valence electrons. The number of rotatable bonds is 6. The third kappa shape index (κ3) is 5.25. The number of hydrogen-bond donors (Lipinski definition) is 0. The first-order chi connectivity index (χ1) is 8.36. The summed E-state index contributed by atoms with van der Waals surface area (Å²) in [5.74, 6) is 1.77.